The van der Waals surface area contributed by atoms with Gasteiger partial charge in [-0.05, 0) is 24.5 Å². The molecule has 3 aromatic carbocycles. The van der Waals surface area contributed by atoms with E-state index in [9.17, 15) is 4.79 Å². The van der Waals surface area contributed by atoms with Gasteiger partial charge in [0.15, 0.2) is 0 Å². The molecular formula is C32H40N2O4P+. The molecule has 0 saturated carbocycles. The van der Waals surface area contributed by atoms with Gasteiger partial charge in [-0.3, -0.25) is 9.13 Å². The van der Waals surface area contributed by atoms with Crippen LogP contribution in [-0.2, 0) is 11.1 Å². The average Bonchev–Trinajstić information content (AvgIpc) is 3.25. The summed E-state index contributed by atoms with van der Waals surface area (Å²) in [6.45, 7) is 5.33. The van der Waals surface area contributed by atoms with E-state index >= 15 is 0 Å². The van der Waals surface area contributed by atoms with Crippen molar-refractivity contribution in [1.29, 1.82) is 0 Å². The molecule has 0 aliphatic carbocycles. The molecular weight excluding hydrogens is 507 g/mol. The van der Waals surface area contributed by atoms with Crippen molar-refractivity contribution in [2.24, 2.45) is 5.92 Å². The third kappa shape index (κ3) is 8.59. The fourth-order valence-corrected chi connectivity index (χ4v) is 5.07. The van der Waals surface area contributed by atoms with E-state index in [1.807, 2.05) is 63.7 Å². The van der Waals surface area contributed by atoms with E-state index in [-0.39, 0.29) is 5.69 Å². The molecule has 0 bridgehead atoms. The maximum Gasteiger partial charge on any atom is 0.692 e. The zero-order valence-corrected chi connectivity index (χ0v) is 23.8. The predicted octanol–water partition coefficient (Wildman–Crippen LogP) is 7.99. The Balaban J connectivity index is 0.000000983. The summed E-state index contributed by atoms with van der Waals surface area (Å²) in [5.41, 5.74) is 5.02. The number of para-hydroxylation sites is 1. The van der Waals surface area contributed by atoms with E-state index < -0.39 is 8.25 Å². The molecule has 39 heavy (non-hydrogen) atoms. The lowest BCUT2D eigenvalue weighted by atomic mass is 9.96. The summed E-state index contributed by atoms with van der Waals surface area (Å²) < 4.78 is 12.6. The molecule has 0 fully saturated rings. The fraction of sp³-hybridized carbons (Fsp3) is 0.344. The van der Waals surface area contributed by atoms with Gasteiger partial charge in [0, 0.05) is 22.2 Å². The van der Waals surface area contributed by atoms with Gasteiger partial charge in [-0.15, -0.1) is 9.79 Å². The topological polar surface area (TPSA) is 84.5 Å². The monoisotopic (exact) mass is 547 g/mol. The molecule has 7 heteroatoms. The van der Waals surface area contributed by atoms with Gasteiger partial charge < -0.3 is 0 Å². The average molecular weight is 548 g/mol. The lowest BCUT2D eigenvalue weighted by Gasteiger charge is -2.12. The van der Waals surface area contributed by atoms with Gasteiger partial charge in [-0.25, -0.2) is 4.79 Å². The van der Waals surface area contributed by atoms with E-state index in [1.165, 1.54) is 32.1 Å². The minimum absolute atomic E-state index is 0.0333. The second-order valence-corrected chi connectivity index (χ2v) is 10.2. The van der Waals surface area contributed by atoms with Crippen LogP contribution < -0.4 is 5.69 Å². The van der Waals surface area contributed by atoms with Crippen molar-refractivity contribution in [3.63, 3.8) is 0 Å². The van der Waals surface area contributed by atoms with Gasteiger partial charge in [-0.1, -0.05) is 131 Å². The summed E-state index contributed by atoms with van der Waals surface area (Å²) >= 11 is 0. The molecule has 206 valence electrons. The first kappa shape index (κ1) is 30.2. The van der Waals surface area contributed by atoms with E-state index in [4.69, 9.17) is 14.4 Å². The third-order valence-electron chi connectivity index (χ3n) is 7.15. The minimum atomic E-state index is -2.87. The molecule has 0 atom stereocenters. The number of nitrogens with zero attached hydrogens (tertiary/aromatic N) is 2. The number of aromatic nitrogens is 2. The summed E-state index contributed by atoms with van der Waals surface area (Å²) in [6, 6.07) is 30.7. The first-order chi connectivity index (χ1) is 19.0. The Bertz CT molecular complexity index is 1330. The first-order valence-electron chi connectivity index (χ1n) is 13.8. The second-order valence-electron chi connectivity index (χ2n) is 9.67. The number of imidazole rings is 1. The van der Waals surface area contributed by atoms with Gasteiger partial charge in [0.2, 0.25) is 0 Å². The highest BCUT2D eigenvalue weighted by Crippen LogP contribution is 2.33. The summed E-state index contributed by atoms with van der Waals surface area (Å²) in [6.07, 6.45) is 8.56. The number of hydrogen-bond acceptors (Lipinski definition) is 2. The van der Waals surface area contributed by atoms with Crippen LogP contribution >= 0.6 is 8.25 Å². The Morgan fingerprint density at radius 2 is 1.15 bits per heavy atom. The molecule has 0 spiro atoms. The highest BCUT2D eigenvalue weighted by molar-refractivity contribution is 7.30. The van der Waals surface area contributed by atoms with Gasteiger partial charge in [-0.2, -0.15) is 0 Å². The normalized spacial score (nSPS) is 10.8. The van der Waals surface area contributed by atoms with Crippen LogP contribution in [0.1, 0.15) is 58.8 Å². The molecule has 0 saturated heterocycles. The Kier molecular flexibility index (Phi) is 12.4. The summed E-state index contributed by atoms with van der Waals surface area (Å²) in [5, 5.41) is 0. The van der Waals surface area contributed by atoms with Gasteiger partial charge >= 0.3 is 13.9 Å². The van der Waals surface area contributed by atoms with Crippen molar-refractivity contribution in [2.45, 2.75) is 65.3 Å². The van der Waals surface area contributed by atoms with Gasteiger partial charge in [0.1, 0.15) is 0 Å². The fourth-order valence-electron chi connectivity index (χ4n) is 5.07. The van der Waals surface area contributed by atoms with Crippen LogP contribution in [0.25, 0.3) is 28.2 Å². The smallest absolute Gasteiger partial charge is 0.291 e. The number of benzene rings is 3. The highest BCUT2D eigenvalue weighted by Gasteiger charge is 2.23. The van der Waals surface area contributed by atoms with Crippen LogP contribution in [0.5, 0.6) is 0 Å². The molecule has 0 aliphatic rings. The van der Waals surface area contributed by atoms with Crippen LogP contribution in [0.2, 0.25) is 0 Å². The SMILES string of the molecule is CCC(CC)CCCCCCn1c(-c2ccccc2)c(-c2ccccc2)n(-c2ccccc2)c1=O.O=[P+](O)O. The summed E-state index contributed by atoms with van der Waals surface area (Å²) in [4.78, 5) is 28.2. The zero-order chi connectivity index (χ0) is 28.0. The van der Waals surface area contributed by atoms with E-state index in [2.05, 4.69) is 50.2 Å². The molecule has 2 N–H and O–H groups in total. The minimum Gasteiger partial charge on any atom is -0.291 e. The van der Waals surface area contributed by atoms with Crippen molar-refractivity contribution in [3.05, 3.63) is 101 Å². The van der Waals surface area contributed by atoms with Crippen molar-refractivity contribution in [3.8, 4) is 28.2 Å². The van der Waals surface area contributed by atoms with E-state index in [1.54, 1.807) is 0 Å². The lowest BCUT2D eigenvalue weighted by Crippen LogP contribution is -2.24. The number of hydrogen-bond donors (Lipinski definition) is 2. The van der Waals surface area contributed by atoms with Crippen molar-refractivity contribution in [1.82, 2.24) is 9.13 Å². The van der Waals surface area contributed by atoms with Crippen LogP contribution in [-0.4, -0.2) is 18.9 Å². The van der Waals surface area contributed by atoms with Gasteiger partial charge in [0.05, 0.1) is 17.1 Å². The van der Waals surface area contributed by atoms with E-state index in [0.717, 1.165) is 53.5 Å². The Morgan fingerprint density at radius 1 is 0.692 bits per heavy atom. The number of rotatable bonds is 12. The molecule has 1 heterocycles. The lowest BCUT2D eigenvalue weighted by molar-refractivity contribution is 0.405. The molecule has 0 unspecified atom stereocenters. The zero-order valence-electron chi connectivity index (χ0n) is 22.9. The van der Waals surface area contributed by atoms with Crippen molar-refractivity contribution in [2.75, 3.05) is 0 Å². The maximum atomic E-state index is 14.0. The molecule has 1 aromatic heterocycles. The standard InChI is InChI=1S/C32H38N2O.HO3P/c1-3-26(4-2)18-10-5-6-17-25-33-30(27-19-11-7-12-20-27)31(28-21-13-8-14-22-28)34(32(33)35)29-23-15-9-16-24-29;1-4(2)3/h7-9,11-16,19-24,26H,3-6,10,17-18,25H2,1-2H3;(H-,1,2,3)/p+1. The van der Waals surface area contributed by atoms with E-state index in [0.29, 0.717) is 0 Å². The second kappa shape index (κ2) is 15.9. The molecule has 6 nitrogen and oxygen atoms in total. The molecule has 4 rings (SSSR count). The Labute approximate surface area is 232 Å². The predicted molar refractivity (Wildman–Crippen MR) is 160 cm³/mol. The summed E-state index contributed by atoms with van der Waals surface area (Å²) in [7, 11) is -2.87. The van der Waals surface area contributed by atoms with Crippen molar-refractivity contribution < 1.29 is 14.4 Å². The Morgan fingerprint density at radius 3 is 1.67 bits per heavy atom. The van der Waals surface area contributed by atoms with Crippen LogP contribution in [0.4, 0.5) is 0 Å². The van der Waals surface area contributed by atoms with Crippen molar-refractivity contribution >= 4 is 8.25 Å². The molecule has 0 aliphatic heterocycles. The van der Waals surface area contributed by atoms with Crippen LogP contribution in [0, 0.1) is 5.92 Å². The number of unbranched alkanes of at least 4 members (excludes halogenated alkanes) is 3. The highest BCUT2D eigenvalue weighted by atomic mass is 31.1. The van der Waals surface area contributed by atoms with Crippen LogP contribution in [0.3, 0.4) is 0 Å². The Hall–Kier alpha value is -3.31. The first-order valence-corrected chi connectivity index (χ1v) is 15.0. The molecule has 0 radical (unpaired) electrons. The third-order valence-corrected chi connectivity index (χ3v) is 7.15. The van der Waals surface area contributed by atoms with Crippen LogP contribution in [0.15, 0.2) is 95.8 Å². The molecule has 4 aromatic rings. The summed E-state index contributed by atoms with van der Waals surface area (Å²) in [5.74, 6) is 0.857. The molecule has 0 amide bonds. The largest absolute Gasteiger partial charge is 0.692 e. The quantitative estimate of drug-likeness (QED) is 0.139. The maximum absolute atomic E-state index is 14.0. The van der Waals surface area contributed by atoms with Gasteiger partial charge in [0.25, 0.3) is 0 Å².